The highest BCUT2D eigenvalue weighted by Gasteiger charge is 2.01. The Kier molecular flexibility index (Phi) is 3.65. The Morgan fingerprint density at radius 1 is 0.889 bits per heavy atom. The number of aliphatic hydroxyl groups is 1. The van der Waals surface area contributed by atoms with Gasteiger partial charge in [-0.3, -0.25) is 0 Å². The predicted molar refractivity (Wildman–Crippen MR) is 71.1 cm³/mol. The first kappa shape index (κ1) is 12.2. The van der Waals surface area contributed by atoms with Gasteiger partial charge in [0, 0.05) is 5.56 Å². The topological polar surface area (TPSA) is 60.7 Å². The first-order valence-corrected chi connectivity index (χ1v) is 5.59. The molecule has 2 aromatic rings. The van der Waals surface area contributed by atoms with Crippen LogP contribution in [0.3, 0.4) is 0 Å². The predicted octanol–water partition coefficient (Wildman–Crippen LogP) is 2.76. The second kappa shape index (κ2) is 5.38. The van der Waals surface area contributed by atoms with E-state index in [1.807, 2.05) is 30.3 Å². The first-order valence-electron chi connectivity index (χ1n) is 5.59. The Hall–Kier alpha value is -2.26. The van der Waals surface area contributed by atoms with Gasteiger partial charge in [0.15, 0.2) is 11.5 Å². The van der Waals surface area contributed by atoms with E-state index in [9.17, 15) is 10.2 Å². The van der Waals surface area contributed by atoms with Crippen LogP contribution in [0, 0.1) is 0 Å². The zero-order valence-electron chi connectivity index (χ0n) is 9.74. The summed E-state index contributed by atoms with van der Waals surface area (Å²) in [4.78, 5) is 0. The van der Waals surface area contributed by atoms with Gasteiger partial charge >= 0.3 is 0 Å². The SMILES string of the molecule is OCc1ccc(C=Cc2cccc(O)c2O)cc1. The Balaban J connectivity index is 2.21. The van der Waals surface area contributed by atoms with E-state index in [1.165, 1.54) is 6.07 Å². The van der Waals surface area contributed by atoms with Crippen molar-refractivity contribution < 1.29 is 15.3 Å². The summed E-state index contributed by atoms with van der Waals surface area (Å²) < 4.78 is 0. The van der Waals surface area contributed by atoms with E-state index in [4.69, 9.17) is 5.11 Å². The average Bonchev–Trinajstić information content (AvgIpc) is 2.41. The van der Waals surface area contributed by atoms with E-state index < -0.39 is 0 Å². The lowest BCUT2D eigenvalue weighted by molar-refractivity contribution is 0.282. The molecule has 3 heteroatoms. The molecular formula is C15H14O3. The molecule has 0 aromatic heterocycles. The molecule has 3 N–H and O–H groups in total. The smallest absolute Gasteiger partial charge is 0.164 e. The standard InChI is InChI=1S/C15H14O3/c16-10-12-6-4-11(5-7-12)8-9-13-2-1-3-14(17)15(13)18/h1-9,16-18H,10H2. The zero-order chi connectivity index (χ0) is 13.0. The van der Waals surface area contributed by atoms with E-state index in [-0.39, 0.29) is 18.1 Å². The minimum atomic E-state index is -0.132. The zero-order valence-corrected chi connectivity index (χ0v) is 9.74. The second-order valence-corrected chi connectivity index (χ2v) is 3.95. The fourth-order valence-corrected chi connectivity index (χ4v) is 1.60. The highest BCUT2D eigenvalue weighted by molar-refractivity contribution is 5.73. The van der Waals surface area contributed by atoms with Gasteiger partial charge in [0.2, 0.25) is 0 Å². The minimum Gasteiger partial charge on any atom is -0.504 e. The molecule has 0 amide bonds. The van der Waals surface area contributed by atoms with Crippen molar-refractivity contribution in [2.75, 3.05) is 0 Å². The number of phenols is 2. The van der Waals surface area contributed by atoms with Gasteiger partial charge in [-0.25, -0.2) is 0 Å². The molecule has 0 aliphatic rings. The van der Waals surface area contributed by atoms with Crippen molar-refractivity contribution in [3.8, 4) is 11.5 Å². The maximum absolute atomic E-state index is 9.62. The Bertz CT molecular complexity index is 556. The van der Waals surface area contributed by atoms with Crippen LogP contribution in [0.1, 0.15) is 16.7 Å². The van der Waals surface area contributed by atoms with Crippen LogP contribution in [-0.4, -0.2) is 15.3 Å². The molecule has 3 nitrogen and oxygen atoms in total. The summed E-state index contributed by atoms with van der Waals surface area (Å²) in [6.07, 6.45) is 3.55. The Labute approximate surface area is 105 Å². The Morgan fingerprint density at radius 2 is 1.61 bits per heavy atom. The summed E-state index contributed by atoms with van der Waals surface area (Å²) in [5.74, 6) is -0.256. The summed E-state index contributed by atoms with van der Waals surface area (Å²) >= 11 is 0. The van der Waals surface area contributed by atoms with Gasteiger partial charge in [0.1, 0.15) is 0 Å². The van der Waals surface area contributed by atoms with Crippen LogP contribution < -0.4 is 0 Å². The van der Waals surface area contributed by atoms with Crippen LogP contribution >= 0.6 is 0 Å². The number of para-hydroxylation sites is 1. The first-order chi connectivity index (χ1) is 8.70. The molecule has 2 aromatic carbocycles. The van der Waals surface area contributed by atoms with E-state index in [0.717, 1.165) is 11.1 Å². The third-order valence-corrected chi connectivity index (χ3v) is 2.66. The number of benzene rings is 2. The lowest BCUT2D eigenvalue weighted by Crippen LogP contribution is -1.81. The third kappa shape index (κ3) is 2.70. The van der Waals surface area contributed by atoms with Crippen molar-refractivity contribution >= 4 is 12.2 Å². The summed E-state index contributed by atoms with van der Waals surface area (Å²) in [6, 6.07) is 12.2. The second-order valence-electron chi connectivity index (χ2n) is 3.95. The van der Waals surface area contributed by atoms with Crippen LogP contribution in [0.5, 0.6) is 11.5 Å². The lowest BCUT2D eigenvalue weighted by atomic mass is 10.1. The van der Waals surface area contributed by atoms with Crippen LogP contribution in [0.4, 0.5) is 0 Å². The van der Waals surface area contributed by atoms with Crippen LogP contribution in [-0.2, 0) is 6.61 Å². The molecule has 0 fully saturated rings. The fraction of sp³-hybridized carbons (Fsp3) is 0.0667. The normalized spacial score (nSPS) is 10.9. The molecule has 0 bridgehead atoms. The number of aromatic hydroxyl groups is 2. The van der Waals surface area contributed by atoms with Gasteiger partial charge < -0.3 is 15.3 Å². The highest BCUT2D eigenvalue weighted by Crippen LogP contribution is 2.29. The van der Waals surface area contributed by atoms with Gasteiger partial charge in [0.05, 0.1) is 6.61 Å². The van der Waals surface area contributed by atoms with Gasteiger partial charge in [-0.15, -0.1) is 0 Å². The number of hydrogen-bond acceptors (Lipinski definition) is 3. The molecule has 0 radical (unpaired) electrons. The molecule has 0 atom stereocenters. The summed E-state index contributed by atoms with van der Waals surface area (Å²) in [6.45, 7) is 0.0251. The molecule has 2 rings (SSSR count). The van der Waals surface area contributed by atoms with Crippen LogP contribution in [0.2, 0.25) is 0 Å². The lowest BCUT2D eigenvalue weighted by Gasteiger charge is -2.01. The molecule has 0 aliphatic carbocycles. The summed E-state index contributed by atoms with van der Waals surface area (Å²) in [5, 5.41) is 27.9. The molecule has 0 saturated heterocycles. The quantitative estimate of drug-likeness (QED) is 0.573. The third-order valence-electron chi connectivity index (χ3n) is 2.66. The minimum absolute atomic E-state index is 0.0251. The van der Waals surface area contributed by atoms with Crippen LogP contribution in [0.15, 0.2) is 42.5 Å². The number of phenolic OH excluding ortho intramolecular Hbond substituents is 2. The molecule has 0 heterocycles. The monoisotopic (exact) mass is 242 g/mol. The van der Waals surface area contributed by atoms with Gasteiger partial charge in [-0.05, 0) is 17.2 Å². The van der Waals surface area contributed by atoms with E-state index >= 15 is 0 Å². The number of aliphatic hydroxyl groups excluding tert-OH is 1. The summed E-state index contributed by atoms with van der Waals surface area (Å²) in [5.41, 5.74) is 2.36. The highest BCUT2D eigenvalue weighted by atomic mass is 16.3. The molecular weight excluding hydrogens is 228 g/mol. The Morgan fingerprint density at radius 3 is 2.28 bits per heavy atom. The number of hydrogen-bond donors (Lipinski definition) is 3. The van der Waals surface area contributed by atoms with Crippen molar-refractivity contribution in [3.63, 3.8) is 0 Å². The van der Waals surface area contributed by atoms with Gasteiger partial charge in [-0.1, -0.05) is 48.6 Å². The largest absolute Gasteiger partial charge is 0.504 e. The van der Waals surface area contributed by atoms with Crippen LogP contribution in [0.25, 0.3) is 12.2 Å². The molecule has 0 spiro atoms. The molecule has 92 valence electrons. The maximum atomic E-state index is 9.62. The molecule has 0 unspecified atom stereocenters. The summed E-state index contributed by atoms with van der Waals surface area (Å²) in [7, 11) is 0. The van der Waals surface area contributed by atoms with E-state index in [0.29, 0.717) is 5.56 Å². The average molecular weight is 242 g/mol. The van der Waals surface area contributed by atoms with Gasteiger partial charge in [-0.2, -0.15) is 0 Å². The van der Waals surface area contributed by atoms with Crippen molar-refractivity contribution in [2.24, 2.45) is 0 Å². The molecule has 0 saturated carbocycles. The van der Waals surface area contributed by atoms with E-state index in [2.05, 4.69) is 0 Å². The van der Waals surface area contributed by atoms with Crippen molar-refractivity contribution in [3.05, 3.63) is 59.2 Å². The van der Waals surface area contributed by atoms with Crippen molar-refractivity contribution in [2.45, 2.75) is 6.61 Å². The van der Waals surface area contributed by atoms with Crippen molar-refractivity contribution in [1.29, 1.82) is 0 Å². The molecule has 0 aliphatic heterocycles. The number of rotatable bonds is 3. The maximum Gasteiger partial charge on any atom is 0.164 e. The fourth-order valence-electron chi connectivity index (χ4n) is 1.60. The molecule has 18 heavy (non-hydrogen) atoms. The van der Waals surface area contributed by atoms with Crippen molar-refractivity contribution in [1.82, 2.24) is 0 Å². The van der Waals surface area contributed by atoms with E-state index in [1.54, 1.807) is 18.2 Å². The van der Waals surface area contributed by atoms with Gasteiger partial charge in [0.25, 0.3) is 0 Å².